The molecule has 0 aliphatic carbocycles. The van der Waals surface area contributed by atoms with Gasteiger partial charge in [0.25, 0.3) is 0 Å². The van der Waals surface area contributed by atoms with Gasteiger partial charge in [0.1, 0.15) is 36.8 Å². The molecule has 1 saturated heterocycles. The van der Waals surface area contributed by atoms with Crippen molar-refractivity contribution in [2.24, 2.45) is 0 Å². The van der Waals surface area contributed by atoms with E-state index in [4.69, 9.17) is 14.2 Å². The monoisotopic (exact) mass is 545 g/mol. The Hall–Kier alpha value is -1.96. The zero-order valence-corrected chi connectivity index (χ0v) is 18.6. The van der Waals surface area contributed by atoms with E-state index in [1.165, 1.54) is 0 Å². The molecule has 31 heavy (non-hydrogen) atoms. The average molecular weight is 545 g/mol. The Morgan fingerprint density at radius 2 is 1.61 bits per heavy atom. The minimum absolute atomic E-state index is 0.0898. The lowest BCUT2D eigenvalue weighted by Gasteiger charge is -2.39. The molecule has 9 nitrogen and oxygen atoms in total. The molecule has 5 N–H and O–H groups in total. The van der Waals surface area contributed by atoms with E-state index in [0.29, 0.717) is 5.75 Å². The van der Waals surface area contributed by atoms with Crippen LogP contribution in [-0.2, 0) is 27.3 Å². The van der Waals surface area contributed by atoms with Crippen LogP contribution in [-0.4, -0.2) is 63.7 Å². The second-order valence-corrected chi connectivity index (χ2v) is 7.63. The topological polar surface area (TPSA) is 138 Å². The van der Waals surface area contributed by atoms with E-state index in [2.05, 4.69) is 3.53 Å². The van der Waals surface area contributed by atoms with Crippen molar-refractivity contribution in [1.82, 2.24) is 0 Å². The minimum Gasteiger partial charge on any atom is -0.462 e. The highest BCUT2D eigenvalue weighted by atomic mass is 127. The van der Waals surface area contributed by atoms with Crippen LogP contribution < -0.4 is 8.27 Å². The predicted molar refractivity (Wildman–Crippen MR) is 118 cm³/mol. The van der Waals surface area contributed by atoms with Crippen molar-refractivity contribution in [3.8, 4) is 5.75 Å². The van der Waals surface area contributed by atoms with Crippen molar-refractivity contribution in [2.45, 2.75) is 43.7 Å². The zero-order valence-electron chi connectivity index (χ0n) is 16.4. The number of esters is 1. The Morgan fingerprint density at radius 1 is 0.968 bits per heavy atom. The summed E-state index contributed by atoms with van der Waals surface area (Å²) in [4.78, 5) is 12.0. The normalized spacial score (nSPS) is 25.6. The van der Waals surface area contributed by atoms with Crippen LogP contribution in [0.4, 0.5) is 5.69 Å². The van der Waals surface area contributed by atoms with E-state index in [9.17, 15) is 25.2 Å². The first-order chi connectivity index (χ1) is 14.9. The molecule has 168 valence electrons. The van der Waals surface area contributed by atoms with Crippen LogP contribution in [0.5, 0.6) is 5.75 Å². The van der Waals surface area contributed by atoms with Gasteiger partial charge in [-0.3, -0.25) is 4.79 Å². The third kappa shape index (κ3) is 6.28. The number of carbonyl (C=O) groups excluding carboxylic acids is 1. The van der Waals surface area contributed by atoms with Gasteiger partial charge in [-0.15, -0.1) is 0 Å². The number of hydrogen-bond acceptors (Lipinski definition) is 9. The van der Waals surface area contributed by atoms with E-state index in [-0.39, 0.29) is 19.0 Å². The Balaban J connectivity index is 1.50. The molecule has 0 spiro atoms. The summed E-state index contributed by atoms with van der Waals surface area (Å²) in [6, 6.07) is 14.0. The van der Waals surface area contributed by atoms with Crippen molar-refractivity contribution in [2.75, 3.05) is 10.1 Å². The minimum atomic E-state index is -1.51. The first-order valence-corrected chi connectivity index (χ1v) is 10.7. The number of hydrogen-bond donors (Lipinski definition) is 5. The van der Waals surface area contributed by atoms with Crippen LogP contribution in [0.1, 0.15) is 11.1 Å². The number of anilines is 1. The van der Waals surface area contributed by atoms with E-state index < -0.39 is 37.3 Å². The van der Waals surface area contributed by atoms with Crippen LogP contribution in [0.15, 0.2) is 48.5 Å². The standard InChI is InChI=1S/C21H24INO8/c22-23-14-5-1-12(2-6-14)9-17(25)29-11-13-3-7-15(8-4-13)30-21-20(28)19(27)18(26)16(10-24)31-21/h1-8,16,18-21,23-24,26-28H,9-11H2/t16?,18-,19?,20-,21+/m0/s1. The molecular weight excluding hydrogens is 521 g/mol. The molecule has 10 heteroatoms. The summed E-state index contributed by atoms with van der Waals surface area (Å²) in [5, 5.41) is 38.9. The van der Waals surface area contributed by atoms with Gasteiger partial charge in [-0.1, -0.05) is 24.3 Å². The number of nitrogens with one attached hydrogen (secondary N) is 1. The Kier molecular flexibility index (Phi) is 8.46. The number of aliphatic hydroxyl groups excluding tert-OH is 4. The van der Waals surface area contributed by atoms with Crippen LogP contribution in [0.3, 0.4) is 0 Å². The number of halogens is 1. The third-order valence-corrected chi connectivity index (χ3v) is 5.46. The molecule has 1 aliphatic heterocycles. The molecule has 0 radical (unpaired) electrons. The molecule has 2 unspecified atom stereocenters. The molecular formula is C21H24INO8. The molecule has 0 bridgehead atoms. The fraction of sp³-hybridized carbons (Fsp3) is 0.381. The molecule has 1 heterocycles. The van der Waals surface area contributed by atoms with E-state index >= 15 is 0 Å². The quantitative estimate of drug-likeness (QED) is 0.186. The van der Waals surface area contributed by atoms with Gasteiger partial charge in [0, 0.05) is 5.69 Å². The first-order valence-electron chi connectivity index (χ1n) is 9.58. The van der Waals surface area contributed by atoms with E-state index in [1.54, 1.807) is 24.3 Å². The second-order valence-electron chi connectivity index (χ2n) is 7.09. The van der Waals surface area contributed by atoms with Crippen LogP contribution >= 0.6 is 22.9 Å². The summed E-state index contributed by atoms with van der Waals surface area (Å²) in [6.07, 6.45) is -6.58. The van der Waals surface area contributed by atoms with Gasteiger partial charge < -0.3 is 38.2 Å². The maximum Gasteiger partial charge on any atom is 0.310 e. The molecule has 5 atom stereocenters. The van der Waals surface area contributed by atoms with Gasteiger partial charge in [0.05, 0.1) is 35.9 Å². The maximum absolute atomic E-state index is 12.0. The maximum atomic E-state index is 12.0. The number of benzene rings is 2. The summed E-state index contributed by atoms with van der Waals surface area (Å²) in [5.74, 6) is -0.0137. The lowest BCUT2D eigenvalue weighted by Crippen LogP contribution is -2.60. The summed E-state index contributed by atoms with van der Waals surface area (Å²) in [5.41, 5.74) is 2.53. The molecule has 0 amide bonds. The van der Waals surface area contributed by atoms with E-state index in [1.807, 2.05) is 47.1 Å². The SMILES string of the molecule is O=C(Cc1ccc(NI)cc1)OCc1ccc(O[C@@H]2OC(CO)[C@H](O)C(O)[C@@H]2O)cc1. The van der Waals surface area contributed by atoms with Crippen molar-refractivity contribution >= 4 is 34.5 Å². The highest BCUT2D eigenvalue weighted by Crippen LogP contribution is 2.24. The molecule has 2 aromatic rings. The molecule has 0 aromatic heterocycles. The smallest absolute Gasteiger partial charge is 0.310 e. The lowest BCUT2D eigenvalue weighted by atomic mass is 9.99. The van der Waals surface area contributed by atoms with Gasteiger partial charge in [-0.25, -0.2) is 0 Å². The number of rotatable bonds is 8. The number of ether oxygens (including phenoxy) is 3. The summed E-state index contributed by atoms with van der Waals surface area (Å²) >= 11 is 2.03. The summed E-state index contributed by atoms with van der Waals surface area (Å²) in [6.45, 7) is -0.443. The van der Waals surface area contributed by atoms with Crippen LogP contribution in [0.25, 0.3) is 0 Å². The first kappa shape index (κ1) is 23.7. The zero-order chi connectivity index (χ0) is 22.4. The van der Waals surface area contributed by atoms with Crippen LogP contribution in [0.2, 0.25) is 0 Å². The summed E-state index contributed by atoms with van der Waals surface area (Å²) < 4.78 is 19.1. The van der Waals surface area contributed by atoms with Gasteiger partial charge in [-0.2, -0.15) is 0 Å². The van der Waals surface area contributed by atoms with Crippen LogP contribution in [0, 0.1) is 0 Å². The molecule has 2 aromatic carbocycles. The fourth-order valence-corrected chi connectivity index (χ4v) is 3.39. The fourth-order valence-electron chi connectivity index (χ4n) is 3.03. The number of aliphatic hydroxyl groups is 4. The Morgan fingerprint density at radius 3 is 2.23 bits per heavy atom. The Bertz CT molecular complexity index is 845. The predicted octanol–water partition coefficient (Wildman–Crippen LogP) is 0.913. The second kappa shape index (κ2) is 11.1. The summed E-state index contributed by atoms with van der Waals surface area (Å²) in [7, 11) is 0. The van der Waals surface area contributed by atoms with Gasteiger partial charge in [-0.05, 0) is 35.4 Å². The van der Waals surface area contributed by atoms with E-state index in [0.717, 1.165) is 16.8 Å². The third-order valence-electron chi connectivity index (χ3n) is 4.84. The molecule has 3 rings (SSSR count). The van der Waals surface area contributed by atoms with Gasteiger partial charge in [0.2, 0.25) is 6.29 Å². The molecule has 1 aliphatic rings. The van der Waals surface area contributed by atoms with Crippen molar-refractivity contribution in [3.63, 3.8) is 0 Å². The highest BCUT2D eigenvalue weighted by Gasteiger charge is 2.44. The largest absolute Gasteiger partial charge is 0.462 e. The van der Waals surface area contributed by atoms with Crippen molar-refractivity contribution in [3.05, 3.63) is 59.7 Å². The van der Waals surface area contributed by atoms with Gasteiger partial charge >= 0.3 is 5.97 Å². The Labute approximate surface area is 193 Å². The average Bonchev–Trinajstić information content (AvgIpc) is 2.79. The number of carbonyl (C=O) groups is 1. The highest BCUT2D eigenvalue weighted by molar-refractivity contribution is 14.1. The molecule has 1 fully saturated rings. The van der Waals surface area contributed by atoms with Gasteiger partial charge in [0.15, 0.2) is 0 Å². The molecule has 0 saturated carbocycles. The van der Waals surface area contributed by atoms with Crippen molar-refractivity contribution < 1.29 is 39.4 Å². The van der Waals surface area contributed by atoms with Crippen molar-refractivity contribution in [1.29, 1.82) is 0 Å². The lowest BCUT2D eigenvalue weighted by molar-refractivity contribution is -0.277.